The summed E-state index contributed by atoms with van der Waals surface area (Å²) < 4.78 is 14.6. The fourth-order valence-electron chi connectivity index (χ4n) is 2.88. The van der Waals surface area contributed by atoms with E-state index in [1.54, 1.807) is 12.1 Å². The van der Waals surface area contributed by atoms with Gasteiger partial charge in [-0.3, -0.25) is 0 Å². The molecule has 0 N–H and O–H groups in total. The van der Waals surface area contributed by atoms with Crippen LogP contribution in [-0.2, 0) is 11.3 Å². The second-order valence-electron chi connectivity index (χ2n) is 6.19. The Bertz CT molecular complexity index is 944. The van der Waals surface area contributed by atoms with Crippen LogP contribution in [0.5, 0.6) is 0 Å². The first-order valence-electron chi connectivity index (χ1n) is 8.54. The van der Waals surface area contributed by atoms with E-state index in [-0.39, 0.29) is 18.3 Å². The van der Waals surface area contributed by atoms with Crippen LogP contribution >= 0.6 is 11.3 Å². The summed E-state index contributed by atoms with van der Waals surface area (Å²) in [7, 11) is 0. The maximum atomic E-state index is 14.6. The number of thiazole rings is 1. The summed E-state index contributed by atoms with van der Waals surface area (Å²) in [5.41, 5.74) is 3.08. The molecule has 0 saturated heterocycles. The Morgan fingerprint density at radius 3 is 2.67 bits per heavy atom. The molecule has 1 atom stereocenters. The summed E-state index contributed by atoms with van der Waals surface area (Å²) >= 11 is 1.48. The average molecular weight is 386 g/mol. The number of aromatic nitrogens is 1. The normalized spacial score (nSPS) is 12.0. The number of nitrogens with zero attached hydrogens (tertiary/aromatic N) is 2. The highest BCUT2D eigenvalue weighted by atomic mass is 32.1. The van der Waals surface area contributed by atoms with Gasteiger partial charge in [0, 0.05) is 22.8 Å². The predicted octanol–water partition coefficient (Wildman–Crippen LogP) is 5.16. The van der Waals surface area contributed by atoms with Crippen molar-refractivity contribution in [3.05, 3.63) is 85.6 Å². The van der Waals surface area contributed by atoms with Crippen molar-refractivity contribution < 1.29 is 14.3 Å². The summed E-state index contributed by atoms with van der Waals surface area (Å²) in [6, 6.07) is 14.7. The molecule has 0 bridgehead atoms. The van der Waals surface area contributed by atoms with Crippen LogP contribution in [-0.4, -0.2) is 16.7 Å². The lowest BCUT2D eigenvalue weighted by Gasteiger charge is -2.11. The Morgan fingerprint density at radius 1 is 1.26 bits per heavy atom. The Kier molecular flexibility index (Phi) is 5.81. The van der Waals surface area contributed by atoms with Gasteiger partial charge in [0.2, 0.25) is 0 Å². The molecule has 0 spiro atoms. The van der Waals surface area contributed by atoms with Crippen molar-refractivity contribution in [3.8, 4) is 11.1 Å². The molecule has 27 heavy (non-hydrogen) atoms. The number of rotatable bonds is 7. The quantitative estimate of drug-likeness (QED) is 0.415. The smallest absolute Gasteiger partial charge is 0.294 e. The standard InChI is InChI=1S/C20H19FN2O3S/c1-13(20-22-14(2)19(27-20)10-11-26-23(24)25)16-8-9-17(18(21)12-16)15-6-4-3-5-7-15/h3-9,12-13H,10-11H2,1-2H3. The van der Waals surface area contributed by atoms with Crippen LogP contribution in [0.3, 0.4) is 0 Å². The van der Waals surface area contributed by atoms with Crippen LogP contribution in [0.15, 0.2) is 48.5 Å². The Morgan fingerprint density at radius 2 is 2.00 bits per heavy atom. The van der Waals surface area contributed by atoms with Gasteiger partial charge in [0.1, 0.15) is 17.4 Å². The van der Waals surface area contributed by atoms with Gasteiger partial charge in [-0.25, -0.2) is 9.37 Å². The lowest BCUT2D eigenvalue weighted by molar-refractivity contribution is -0.757. The number of halogens is 1. The van der Waals surface area contributed by atoms with E-state index >= 15 is 0 Å². The number of aryl methyl sites for hydroxylation is 1. The van der Waals surface area contributed by atoms with Crippen LogP contribution in [0.4, 0.5) is 4.39 Å². The Labute approximate surface area is 160 Å². The van der Waals surface area contributed by atoms with Gasteiger partial charge in [-0.05, 0) is 24.1 Å². The molecule has 2 aromatic carbocycles. The minimum atomic E-state index is -0.795. The predicted molar refractivity (Wildman–Crippen MR) is 103 cm³/mol. The van der Waals surface area contributed by atoms with Crippen LogP contribution < -0.4 is 0 Å². The lowest BCUT2D eigenvalue weighted by atomic mass is 9.97. The molecule has 3 rings (SSSR count). The van der Waals surface area contributed by atoms with Gasteiger partial charge in [0.05, 0.1) is 5.69 Å². The molecule has 0 aliphatic carbocycles. The van der Waals surface area contributed by atoms with Crippen molar-refractivity contribution in [1.29, 1.82) is 0 Å². The monoisotopic (exact) mass is 386 g/mol. The zero-order valence-corrected chi connectivity index (χ0v) is 15.8. The molecule has 3 aromatic rings. The number of hydrogen-bond acceptors (Lipinski definition) is 5. The second kappa shape index (κ2) is 8.26. The molecule has 0 saturated carbocycles. The molecule has 0 radical (unpaired) electrons. The summed E-state index contributed by atoms with van der Waals surface area (Å²) in [5, 5.41) is 10.3. The molecule has 0 aliphatic rings. The summed E-state index contributed by atoms with van der Waals surface area (Å²) in [6.45, 7) is 3.85. The molecule has 5 nitrogen and oxygen atoms in total. The second-order valence-corrected chi connectivity index (χ2v) is 7.31. The molecule has 140 valence electrons. The highest BCUT2D eigenvalue weighted by Gasteiger charge is 2.17. The van der Waals surface area contributed by atoms with Crippen LogP contribution in [0.1, 0.15) is 34.0 Å². The van der Waals surface area contributed by atoms with Gasteiger partial charge in [-0.2, -0.15) is 0 Å². The first-order valence-corrected chi connectivity index (χ1v) is 9.35. The zero-order valence-electron chi connectivity index (χ0n) is 15.0. The van der Waals surface area contributed by atoms with E-state index in [4.69, 9.17) is 0 Å². The third kappa shape index (κ3) is 4.49. The number of hydrogen-bond donors (Lipinski definition) is 0. The van der Waals surface area contributed by atoms with E-state index in [1.165, 1.54) is 11.3 Å². The van der Waals surface area contributed by atoms with Gasteiger partial charge in [0.25, 0.3) is 5.09 Å². The van der Waals surface area contributed by atoms with Crippen LogP contribution in [0.25, 0.3) is 11.1 Å². The molecule has 1 aromatic heterocycles. The highest BCUT2D eigenvalue weighted by Crippen LogP contribution is 2.32. The van der Waals surface area contributed by atoms with E-state index in [2.05, 4.69) is 9.82 Å². The van der Waals surface area contributed by atoms with Gasteiger partial charge in [-0.15, -0.1) is 21.5 Å². The third-order valence-corrected chi connectivity index (χ3v) is 5.78. The first-order chi connectivity index (χ1) is 13.0. The third-order valence-electron chi connectivity index (χ3n) is 4.38. The summed E-state index contributed by atoms with van der Waals surface area (Å²) in [5.74, 6) is -0.336. The van der Waals surface area contributed by atoms with Crippen LogP contribution in [0.2, 0.25) is 0 Å². The zero-order chi connectivity index (χ0) is 19.4. The molecule has 0 fully saturated rings. The van der Waals surface area contributed by atoms with Gasteiger partial charge in [-0.1, -0.05) is 49.4 Å². The highest BCUT2D eigenvalue weighted by molar-refractivity contribution is 7.11. The minimum Gasteiger partial charge on any atom is -0.314 e. The largest absolute Gasteiger partial charge is 0.314 e. The van der Waals surface area contributed by atoms with E-state index in [0.29, 0.717) is 12.0 Å². The van der Waals surface area contributed by atoms with Crippen molar-refractivity contribution in [2.75, 3.05) is 6.61 Å². The van der Waals surface area contributed by atoms with Crippen molar-refractivity contribution in [2.45, 2.75) is 26.2 Å². The topological polar surface area (TPSA) is 65.3 Å². The lowest BCUT2D eigenvalue weighted by Crippen LogP contribution is -2.04. The molecule has 1 unspecified atom stereocenters. The minimum absolute atomic E-state index is 0.00422. The molecule has 0 amide bonds. The van der Waals surface area contributed by atoms with Crippen molar-refractivity contribution in [1.82, 2.24) is 4.98 Å². The van der Waals surface area contributed by atoms with E-state index in [9.17, 15) is 14.5 Å². The van der Waals surface area contributed by atoms with Crippen LogP contribution in [0, 0.1) is 22.9 Å². The van der Waals surface area contributed by atoms with E-state index in [1.807, 2.05) is 50.2 Å². The fraction of sp³-hybridized carbons (Fsp3) is 0.250. The fourth-order valence-corrected chi connectivity index (χ4v) is 4.00. The molecular weight excluding hydrogens is 367 g/mol. The van der Waals surface area contributed by atoms with Gasteiger partial charge < -0.3 is 4.84 Å². The summed E-state index contributed by atoms with van der Waals surface area (Å²) in [4.78, 5) is 20.2. The van der Waals surface area contributed by atoms with E-state index in [0.717, 1.165) is 26.7 Å². The van der Waals surface area contributed by atoms with Crippen molar-refractivity contribution >= 4 is 11.3 Å². The number of benzene rings is 2. The van der Waals surface area contributed by atoms with Crippen molar-refractivity contribution in [2.24, 2.45) is 0 Å². The Balaban J connectivity index is 1.79. The van der Waals surface area contributed by atoms with Gasteiger partial charge in [0.15, 0.2) is 0 Å². The van der Waals surface area contributed by atoms with E-state index < -0.39 is 5.09 Å². The SMILES string of the molecule is Cc1nc(C(C)c2ccc(-c3ccccc3)c(F)c2)sc1CCO[N+](=O)[O-]. The maximum Gasteiger partial charge on any atom is 0.294 e. The summed E-state index contributed by atoms with van der Waals surface area (Å²) in [6.07, 6.45) is 0.429. The molecule has 1 heterocycles. The molecular formula is C20H19FN2O3S. The first kappa shape index (κ1) is 19.0. The van der Waals surface area contributed by atoms with Crippen molar-refractivity contribution in [3.63, 3.8) is 0 Å². The molecule has 0 aliphatic heterocycles. The maximum absolute atomic E-state index is 14.6. The molecule has 7 heteroatoms. The Hall–Kier alpha value is -2.80. The average Bonchev–Trinajstić information content (AvgIpc) is 3.02. The van der Waals surface area contributed by atoms with Gasteiger partial charge >= 0.3 is 0 Å².